The number of unbranched alkanes of at least 4 members (excludes halogenated alkanes) is 14. The van der Waals surface area contributed by atoms with Crippen molar-refractivity contribution in [2.24, 2.45) is 5.73 Å². The molecule has 1 nitrogen and oxygen atoms in total. The first-order chi connectivity index (χ1) is 11.1. The van der Waals surface area contributed by atoms with Gasteiger partial charge in [-0.1, -0.05) is 103 Å². The topological polar surface area (TPSA) is 26.0 Å². The highest BCUT2D eigenvalue weighted by Crippen LogP contribution is 2.13. The van der Waals surface area contributed by atoms with Gasteiger partial charge in [0.1, 0.15) is 0 Å². The maximum Gasteiger partial charge on any atom is 0.0132 e. The van der Waals surface area contributed by atoms with Gasteiger partial charge in [0.2, 0.25) is 0 Å². The summed E-state index contributed by atoms with van der Waals surface area (Å²) in [5.74, 6) is 0. The van der Waals surface area contributed by atoms with E-state index in [1.807, 2.05) is 0 Å². The molecule has 0 rings (SSSR count). The van der Waals surface area contributed by atoms with Crippen LogP contribution in [0.25, 0.3) is 0 Å². The third-order valence-corrected chi connectivity index (χ3v) is 4.53. The van der Waals surface area contributed by atoms with Crippen LogP contribution < -0.4 is 5.73 Å². The Morgan fingerprint density at radius 2 is 1.00 bits per heavy atom. The van der Waals surface area contributed by atoms with Crippen molar-refractivity contribution in [1.82, 2.24) is 0 Å². The first-order valence-electron chi connectivity index (χ1n) is 10.5. The Kier molecular flexibility index (Phi) is 16.3. The molecule has 0 fully saturated rings. The molecule has 0 aromatic heterocycles. The van der Waals surface area contributed by atoms with E-state index in [1.165, 1.54) is 96.3 Å². The van der Waals surface area contributed by atoms with Crippen LogP contribution in [-0.2, 0) is 0 Å². The molecule has 138 valence electrons. The lowest BCUT2D eigenvalue weighted by atomic mass is 10.0. The molecule has 0 radical (unpaired) electrons. The fourth-order valence-electron chi connectivity index (χ4n) is 2.96. The zero-order valence-corrected chi connectivity index (χ0v) is 16.5. The van der Waals surface area contributed by atoms with Gasteiger partial charge in [-0.25, -0.2) is 0 Å². The van der Waals surface area contributed by atoms with Crippen molar-refractivity contribution in [3.05, 3.63) is 12.2 Å². The van der Waals surface area contributed by atoms with E-state index in [0.29, 0.717) is 0 Å². The predicted molar refractivity (Wildman–Crippen MR) is 107 cm³/mol. The first-order valence-corrected chi connectivity index (χ1v) is 10.5. The molecule has 0 heterocycles. The van der Waals surface area contributed by atoms with E-state index in [1.54, 1.807) is 0 Å². The Labute approximate surface area is 147 Å². The quantitative estimate of drug-likeness (QED) is 0.217. The lowest BCUT2D eigenvalue weighted by Crippen LogP contribution is -2.30. The van der Waals surface area contributed by atoms with E-state index >= 15 is 0 Å². The number of allylic oxidation sites excluding steroid dienone is 1. The number of rotatable bonds is 17. The van der Waals surface area contributed by atoms with Crippen LogP contribution in [0.5, 0.6) is 0 Å². The Balaban J connectivity index is 3.08. The highest BCUT2D eigenvalue weighted by molar-refractivity contribution is 4.89. The van der Waals surface area contributed by atoms with E-state index in [4.69, 9.17) is 5.73 Å². The average Bonchev–Trinajstić information content (AvgIpc) is 2.49. The summed E-state index contributed by atoms with van der Waals surface area (Å²) in [6.45, 7) is 6.47. The third-order valence-electron chi connectivity index (χ3n) is 4.53. The van der Waals surface area contributed by atoms with Crippen molar-refractivity contribution >= 4 is 0 Å². The summed E-state index contributed by atoms with van der Waals surface area (Å²) in [4.78, 5) is 0. The van der Waals surface area contributed by atoms with Crippen LogP contribution in [0.15, 0.2) is 12.2 Å². The normalized spacial score (nSPS) is 12.3. The Morgan fingerprint density at radius 1 is 0.609 bits per heavy atom. The summed E-state index contributed by atoms with van der Waals surface area (Å²) in [7, 11) is 0. The highest BCUT2D eigenvalue weighted by atomic mass is 14.7. The van der Waals surface area contributed by atoms with Crippen LogP contribution in [0, 0.1) is 0 Å². The minimum Gasteiger partial charge on any atom is -0.325 e. The molecule has 1 heteroatoms. The van der Waals surface area contributed by atoms with Gasteiger partial charge in [0.25, 0.3) is 0 Å². The third kappa shape index (κ3) is 21.7. The van der Waals surface area contributed by atoms with Crippen molar-refractivity contribution in [3.63, 3.8) is 0 Å². The van der Waals surface area contributed by atoms with Crippen LogP contribution >= 0.6 is 0 Å². The second kappa shape index (κ2) is 16.6. The number of hydrogen-bond acceptors (Lipinski definition) is 1. The van der Waals surface area contributed by atoms with Crippen LogP contribution in [0.2, 0.25) is 0 Å². The second-order valence-corrected chi connectivity index (χ2v) is 8.05. The average molecular weight is 324 g/mol. The van der Waals surface area contributed by atoms with Crippen molar-refractivity contribution in [3.8, 4) is 0 Å². The Hall–Kier alpha value is -0.300. The molecule has 0 unspecified atom stereocenters. The number of hydrogen-bond donors (Lipinski definition) is 1. The van der Waals surface area contributed by atoms with Gasteiger partial charge < -0.3 is 5.73 Å². The van der Waals surface area contributed by atoms with Crippen LogP contribution in [0.3, 0.4) is 0 Å². The molecule has 0 aromatic carbocycles. The SMILES string of the molecule is CCCCCCCCCCCCCCCCC=CCC(C)(C)N. The van der Waals surface area contributed by atoms with Gasteiger partial charge in [0, 0.05) is 5.54 Å². The van der Waals surface area contributed by atoms with Crippen molar-refractivity contribution in [2.75, 3.05) is 0 Å². The molecule has 0 amide bonds. The maximum absolute atomic E-state index is 5.95. The summed E-state index contributed by atoms with van der Waals surface area (Å²) in [6, 6.07) is 0. The summed E-state index contributed by atoms with van der Waals surface area (Å²) in [6.07, 6.45) is 26.9. The van der Waals surface area contributed by atoms with Gasteiger partial charge in [-0.2, -0.15) is 0 Å². The lowest BCUT2D eigenvalue weighted by molar-refractivity contribution is 0.526. The summed E-state index contributed by atoms with van der Waals surface area (Å²) >= 11 is 0. The molecule has 0 spiro atoms. The predicted octanol–water partition coefficient (Wildman–Crippen LogP) is 7.54. The Bertz CT molecular complexity index is 249. The zero-order chi connectivity index (χ0) is 17.2. The van der Waals surface area contributed by atoms with E-state index in [-0.39, 0.29) is 5.54 Å². The molecule has 23 heavy (non-hydrogen) atoms. The van der Waals surface area contributed by atoms with Gasteiger partial charge in [-0.15, -0.1) is 0 Å². The molecule has 0 bridgehead atoms. The molecule has 2 N–H and O–H groups in total. The van der Waals surface area contributed by atoms with Crippen molar-refractivity contribution in [2.45, 2.75) is 129 Å². The van der Waals surface area contributed by atoms with Crippen LogP contribution in [0.4, 0.5) is 0 Å². The van der Waals surface area contributed by atoms with Gasteiger partial charge >= 0.3 is 0 Å². The smallest absolute Gasteiger partial charge is 0.0132 e. The summed E-state index contributed by atoms with van der Waals surface area (Å²) in [5, 5.41) is 0. The molecule has 0 aliphatic rings. The standard InChI is InChI=1S/C22H45N/c1-4-5-6-7-8-9-10-11-12-13-14-15-16-17-18-19-20-21-22(2,3)23/h19-20H,4-18,21,23H2,1-3H3. The zero-order valence-electron chi connectivity index (χ0n) is 16.5. The molecule has 0 aliphatic carbocycles. The Morgan fingerprint density at radius 3 is 1.39 bits per heavy atom. The van der Waals surface area contributed by atoms with E-state index in [9.17, 15) is 0 Å². The maximum atomic E-state index is 5.95. The largest absolute Gasteiger partial charge is 0.325 e. The first kappa shape index (κ1) is 22.7. The van der Waals surface area contributed by atoms with E-state index in [2.05, 4.69) is 32.9 Å². The second-order valence-electron chi connectivity index (χ2n) is 8.05. The van der Waals surface area contributed by atoms with Crippen molar-refractivity contribution < 1.29 is 0 Å². The molecule has 0 aliphatic heterocycles. The van der Waals surface area contributed by atoms with Gasteiger partial charge in [-0.3, -0.25) is 0 Å². The fraction of sp³-hybridized carbons (Fsp3) is 0.909. The van der Waals surface area contributed by atoms with E-state index < -0.39 is 0 Å². The van der Waals surface area contributed by atoms with Crippen molar-refractivity contribution in [1.29, 1.82) is 0 Å². The molecule has 0 saturated heterocycles. The van der Waals surface area contributed by atoms with Gasteiger partial charge in [-0.05, 0) is 33.1 Å². The van der Waals surface area contributed by atoms with Crippen LogP contribution in [-0.4, -0.2) is 5.54 Å². The molecule has 0 saturated carbocycles. The minimum atomic E-state index is -0.0496. The molecule has 0 aromatic rings. The molecule has 0 atom stereocenters. The monoisotopic (exact) mass is 323 g/mol. The summed E-state index contributed by atoms with van der Waals surface area (Å²) < 4.78 is 0. The lowest BCUT2D eigenvalue weighted by Gasteiger charge is -2.14. The fourth-order valence-corrected chi connectivity index (χ4v) is 2.96. The molecular formula is C22H45N. The summed E-state index contributed by atoms with van der Waals surface area (Å²) in [5.41, 5.74) is 5.90. The minimum absolute atomic E-state index is 0.0496. The highest BCUT2D eigenvalue weighted by Gasteiger charge is 2.06. The molecular weight excluding hydrogens is 278 g/mol. The van der Waals surface area contributed by atoms with Gasteiger partial charge in [0.15, 0.2) is 0 Å². The number of nitrogens with two attached hydrogens (primary N) is 1. The van der Waals surface area contributed by atoms with E-state index in [0.717, 1.165) is 6.42 Å². The van der Waals surface area contributed by atoms with Crippen LogP contribution in [0.1, 0.15) is 124 Å². The van der Waals surface area contributed by atoms with Gasteiger partial charge in [0.05, 0.1) is 0 Å².